The van der Waals surface area contributed by atoms with Gasteiger partial charge in [-0.25, -0.2) is 9.79 Å². The molecule has 0 saturated carbocycles. The van der Waals surface area contributed by atoms with Crippen LogP contribution in [0.3, 0.4) is 0 Å². The molecule has 0 fully saturated rings. The minimum Gasteiger partial charge on any atom is -0.493 e. The Bertz CT molecular complexity index is 951. The zero-order valence-electron chi connectivity index (χ0n) is 14.4. The molecule has 1 aliphatic heterocycles. The van der Waals surface area contributed by atoms with E-state index in [1.807, 2.05) is 30.3 Å². The fourth-order valence-electron chi connectivity index (χ4n) is 2.39. The predicted octanol–water partition coefficient (Wildman–Crippen LogP) is 4.97. The number of halogens is 2. The molecule has 5 nitrogen and oxygen atoms in total. The van der Waals surface area contributed by atoms with Crippen molar-refractivity contribution in [3.05, 3.63) is 73.9 Å². The molecule has 0 bridgehead atoms. The second-order valence-electron chi connectivity index (χ2n) is 5.48. The maximum atomic E-state index is 12.2. The van der Waals surface area contributed by atoms with Gasteiger partial charge in [0.1, 0.15) is 6.61 Å². The maximum absolute atomic E-state index is 12.2. The normalized spacial score (nSPS) is 14.7. The van der Waals surface area contributed by atoms with Crippen molar-refractivity contribution in [3.8, 4) is 11.5 Å². The summed E-state index contributed by atoms with van der Waals surface area (Å²) in [5, 5.41) is 0. The van der Waals surface area contributed by atoms with Crippen LogP contribution in [0.2, 0.25) is 0 Å². The molecule has 0 atom stereocenters. The molecule has 0 unspecified atom stereocenters. The molecular weight excluding hydrogens is 525 g/mol. The van der Waals surface area contributed by atoms with Gasteiger partial charge in [0.25, 0.3) is 0 Å². The number of hydrogen-bond acceptors (Lipinski definition) is 5. The van der Waals surface area contributed by atoms with Gasteiger partial charge < -0.3 is 14.2 Å². The zero-order chi connectivity index (χ0) is 19.4. The highest BCUT2D eigenvalue weighted by Gasteiger charge is 2.24. The number of benzene rings is 2. The lowest BCUT2D eigenvalue weighted by Crippen LogP contribution is -2.05. The van der Waals surface area contributed by atoms with Crippen LogP contribution in [0.4, 0.5) is 0 Å². The Morgan fingerprint density at radius 2 is 2.04 bits per heavy atom. The molecule has 2 aromatic rings. The number of ether oxygens (including phenoxy) is 3. The SMILES string of the molecule is C=CCOc1c(I)cc(/C=C2\N=C(c3ccc(Br)cc3)OC2=O)cc1OC. The van der Waals surface area contributed by atoms with Gasteiger partial charge in [-0.05, 0) is 70.6 Å². The van der Waals surface area contributed by atoms with E-state index >= 15 is 0 Å². The smallest absolute Gasteiger partial charge is 0.363 e. The highest BCUT2D eigenvalue weighted by molar-refractivity contribution is 14.1. The molecule has 0 aromatic heterocycles. The molecule has 0 amide bonds. The van der Waals surface area contributed by atoms with E-state index in [1.165, 1.54) is 0 Å². The van der Waals surface area contributed by atoms with Gasteiger partial charge in [-0.1, -0.05) is 28.6 Å². The molecule has 1 heterocycles. The number of esters is 1. The molecule has 0 aliphatic carbocycles. The number of cyclic esters (lactones) is 1. The lowest BCUT2D eigenvalue weighted by Gasteiger charge is -2.12. The van der Waals surface area contributed by atoms with Crippen LogP contribution in [0.5, 0.6) is 11.5 Å². The van der Waals surface area contributed by atoms with Crippen LogP contribution < -0.4 is 9.47 Å². The van der Waals surface area contributed by atoms with Crippen molar-refractivity contribution < 1.29 is 19.0 Å². The van der Waals surface area contributed by atoms with Crippen LogP contribution in [0.15, 0.2) is 64.2 Å². The number of methoxy groups -OCH3 is 1. The van der Waals surface area contributed by atoms with Crippen LogP contribution in [-0.2, 0) is 9.53 Å². The van der Waals surface area contributed by atoms with Gasteiger partial charge in [0.2, 0.25) is 5.90 Å². The molecule has 0 spiro atoms. The van der Waals surface area contributed by atoms with E-state index in [-0.39, 0.29) is 11.6 Å². The van der Waals surface area contributed by atoms with E-state index in [4.69, 9.17) is 14.2 Å². The van der Waals surface area contributed by atoms with Crippen molar-refractivity contribution in [1.82, 2.24) is 0 Å². The molecule has 3 rings (SSSR count). The third-order valence-electron chi connectivity index (χ3n) is 3.61. The standard InChI is InChI=1S/C20H15BrINO4/c1-3-8-26-18-15(22)9-12(11-17(18)25-2)10-16-20(24)27-19(23-16)13-4-6-14(21)7-5-13/h3-7,9-11H,1,8H2,2H3/b16-10-. The van der Waals surface area contributed by atoms with Crippen molar-refractivity contribution in [1.29, 1.82) is 0 Å². The summed E-state index contributed by atoms with van der Waals surface area (Å²) in [4.78, 5) is 16.5. The number of carbonyl (C=O) groups excluding carboxylic acids is 1. The Morgan fingerprint density at radius 1 is 1.30 bits per heavy atom. The van der Waals surface area contributed by atoms with Gasteiger partial charge >= 0.3 is 5.97 Å². The first-order chi connectivity index (χ1) is 13.0. The number of aliphatic imine (C=N–C) groups is 1. The predicted molar refractivity (Wildman–Crippen MR) is 116 cm³/mol. The van der Waals surface area contributed by atoms with Gasteiger partial charge in [-0.3, -0.25) is 0 Å². The summed E-state index contributed by atoms with van der Waals surface area (Å²) in [6, 6.07) is 11.1. The van der Waals surface area contributed by atoms with Crippen molar-refractivity contribution >= 4 is 56.5 Å². The van der Waals surface area contributed by atoms with Crippen molar-refractivity contribution in [2.45, 2.75) is 0 Å². The average Bonchev–Trinajstić information content (AvgIpc) is 3.01. The van der Waals surface area contributed by atoms with Crippen LogP contribution in [0, 0.1) is 3.57 Å². The summed E-state index contributed by atoms with van der Waals surface area (Å²) in [6.45, 7) is 4.02. The lowest BCUT2D eigenvalue weighted by molar-refractivity contribution is -0.129. The zero-order valence-corrected chi connectivity index (χ0v) is 18.1. The molecule has 0 radical (unpaired) electrons. The number of nitrogens with zero attached hydrogens (tertiary/aromatic N) is 1. The van der Waals surface area contributed by atoms with Crippen molar-refractivity contribution in [2.75, 3.05) is 13.7 Å². The third-order valence-corrected chi connectivity index (χ3v) is 4.94. The van der Waals surface area contributed by atoms with Gasteiger partial charge in [0, 0.05) is 10.0 Å². The second kappa shape index (κ2) is 8.71. The van der Waals surface area contributed by atoms with E-state index in [2.05, 4.69) is 50.1 Å². The second-order valence-corrected chi connectivity index (χ2v) is 7.55. The van der Waals surface area contributed by atoms with Gasteiger partial charge in [-0.2, -0.15) is 0 Å². The van der Waals surface area contributed by atoms with Crippen molar-refractivity contribution in [2.24, 2.45) is 4.99 Å². The fourth-order valence-corrected chi connectivity index (χ4v) is 3.43. The molecule has 0 saturated heterocycles. The first kappa shape index (κ1) is 19.6. The number of rotatable bonds is 6. The summed E-state index contributed by atoms with van der Waals surface area (Å²) in [5.74, 6) is 0.993. The Balaban J connectivity index is 1.93. The van der Waals surface area contributed by atoms with Crippen LogP contribution in [0.25, 0.3) is 6.08 Å². The van der Waals surface area contributed by atoms with E-state index < -0.39 is 5.97 Å². The average molecular weight is 540 g/mol. The number of carbonyl (C=O) groups is 1. The Labute approximate surface area is 179 Å². The minimum absolute atomic E-state index is 0.227. The summed E-state index contributed by atoms with van der Waals surface area (Å²) in [5.41, 5.74) is 1.72. The molecule has 1 aliphatic rings. The van der Waals surface area contributed by atoms with Crippen LogP contribution >= 0.6 is 38.5 Å². The molecule has 138 valence electrons. The summed E-state index contributed by atoms with van der Waals surface area (Å²) in [7, 11) is 1.57. The van der Waals surface area contributed by atoms with Gasteiger partial charge in [-0.15, -0.1) is 0 Å². The Kier molecular flexibility index (Phi) is 6.33. The topological polar surface area (TPSA) is 57.1 Å². The summed E-state index contributed by atoms with van der Waals surface area (Å²) >= 11 is 5.53. The molecular formula is C20H15BrINO4. The maximum Gasteiger partial charge on any atom is 0.363 e. The fraction of sp³-hybridized carbons (Fsp3) is 0.100. The molecule has 7 heteroatoms. The summed E-state index contributed by atoms with van der Waals surface area (Å²) in [6.07, 6.45) is 3.33. The van der Waals surface area contributed by atoms with E-state index in [9.17, 15) is 4.79 Å². The molecule has 0 N–H and O–H groups in total. The monoisotopic (exact) mass is 539 g/mol. The first-order valence-corrected chi connectivity index (χ1v) is 9.78. The van der Waals surface area contributed by atoms with Crippen LogP contribution in [0.1, 0.15) is 11.1 Å². The van der Waals surface area contributed by atoms with Crippen LogP contribution in [-0.4, -0.2) is 25.6 Å². The highest BCUT2D eigenvalue weighted by atomic mass is 127. The Morgan fingerprint density at radius 3 is 2.70 bits per heavy atom. The van der Waals surface area contributed by atoms with E-state index in [0.29, 0.717) is 18.1 Å². The Hall–Kier alpha value is -2.13. The largest absolute Gasteiger partial charge is 0.493 e. The molecule has 2 aromatic carbocycles. The third kappa shape index (κ3) is 4.59. The summed E-state index contributed by atoms with van der Waals surface area (Å²) < 4.78 is 18.1. The van der Waals surface area contributed by atoms with E-state index in [1.54, 1.807) is 25.3 Å². The molecule has 27 heavy (non-hydrogen) atoms. The highest BCUT2D eigenvalue weighted by Crippen LogP contribution is 2.35. The first-order valence-electron chi connectivity index (χ1n) is 7.91. The van der Waals surface area contributed by atoms with Crippen molar-refractivity contribution in [3.63, 3.8) is 0 Å². The lowest BCUT2D eigenvalue weighted by atomic mass is 10.1. The van der Waals surface area contributed by atoms with E-state index in [0.717, 1.165) is 19.2 Å². The quantitative estimate of drug-likeness (QED) is 0.225. The number of hydrogen-bond donors (Lipinski definition) is 0. The van der Waals surface area contributed by atoms with Gasteiger partial charge in [0.15, 0.2) is 17.2 Å². The minimum atomic E-state index is -0.492. The van der Waals surface area contributed by atoms with Gasteiger partial charge in [0.05, 0.1) is 10.7 Å².